The molecule has 2 rings (SSSR count). The highest BCUT2D eigenvalue weighted by atomic mass is 32.2. The Bertz CT molecular complexity index is 719. The van der Waals surface area contributed by atoms with Gasteiger partial charge in [0, 0.05) is 13.6 Å². The van der Waals surface area contributed by atoms with E-state index >= 15 is 0 Å². The molecule has 0 aliphatic carbocycles. The van der Waals surface area contributed by atoms with Crippen molar-refractivity contribution in [3.8, 4) is 0 Å². The zero-order valence-electron chi connectivity index (χ0n) is 16.8. The molecule has 152 valence electrons. The van der Waals surface area contributed by atoms with Crippen LogP contribution in [0.3, 0.4) is 0 Å². The molecule has 0 saturated carbocycles. The predicted molar refractivity (Wildman–Crippen MR) is 106 cm³/mol. The highest BCUT2D eigenvalue weighted by Crippen LogP contribution is 2.30. The highest BCUT2D eigenvalue weighted by molar-refractivity contribution is 7.92. The summed E-state index contributed by atoms with van der Waals surface area (Å²) in [4.78, 5) is 19.9. The van der Waals surface area contributed by atoms with E-state index in [0.717, 1.165) is 32.4 Å². The van der Waals surface area contributed by atoms with Crippen molar-refractivity contribution in [3.63, 3.8) is 0 Å². The average molecular weight is 397 g/mol. The standard InChI is InChI=1S/C20H32N2O4S/c1-20(2,27(24,25)18-11-6-5-7-12-18)13-9-15-22-14-8-10-17(16-22)19(23)21(3)26-4/h5-7,11-12,17H,8-10,13-16H2,1-4H3. The van der Waals surface area contributed by atoms with Crippen LogP contribution in [0, 0.1) is 5.92 Å². The minimum atomic E-state index is -3.38. The first-order valence-corrected chi connectivity index (χ1v) is 11.0. The number of rotatable bonds is 8. The van der Waals surface area contributed by atoms with Gasteiger partial charge in [0.1, 0.15) is 0 Å². The van der Waals surface area contributed by atoms with E-state index in [9.17, 15) is 13.2 Å². The summed E-state index contributed by atoms with van der Waals surface area (Å²) in [5.41, 5.74) is 0. The SMILES string of the molecule is CON(C)C(=O)C1CCCN(CCCC(C)(C)S(=O)(=O)c2ccccc2)C1. The normalized spacial score (nSPS) is 19.0. The molecular weight excluding hydrogens is 364 g/mol. The molecule has 1 aliphatic rings. The van der Waals surface area contributed by atoms with Crippen LogP contribution in [0.1, 0.15) is 39.5 Å². The number of amides is 1. The van der Waals surface area contributed by atoms with Crippen molar-refractivity contribution in [2.24, 2.45) is 5.92 Å². The van der Waals surface area contributed by atoms with Gasteiger partial charge in [-0.3, -0.25) is 9.63 Å². The van der Waals surface area contributed by atoms with Crippen molar-refractivity contribution in [1.82, 2.24) is 9.96 Å². The molecule has 1 aromatic rings. The molecule has 1 unspecified atom stereocenters. The molecular formula is C20H32N2O4S. The lowest BCUT2D eigenvalue weighted by molar-refractivity contribution is -0.175. The third-order valence-corrected chi connectivity index (χ3v) is 8.02. The molecule has 1 amide bonds. The lowest BCUT2D eigenvalue weighted by Crippen LogP contribution is -2.44. The molecule has 0 spiro atoms. The number of piperidine rings is 1. The van der Waals surface area contributed by atoms with Crippen molar-refractivity contribution in [2.45, 2.75) is 49.2 Å². The number of hydrogen-bond donors (Lipinski definition) is 0. The Morgan fingerprint density at radius 1 is 1.30 bits per heavy atom. The molecule has 0 radical (unpaired) electrons. The van der Waals surface area contributed by atoms with Crippen LogP contribution in [0.15, 0.2) is 35.2 Å². The summed E-state index contributed by atoms with van der Waals surface area (Å²) in [7, 11) is -0.245. The van der Waals surface area contributed by atoms with Gasteiger partial charge in [-0.15, -0.1) is 0 Å². The van der Waals surface area contributed by atoms with E-state index in [4.69, 9.17) is 4.84 Å². The van der Waals surface area contributed by atoms with Gasteiger partial charge >= 0.3 is 0 Å². The van der Waals surface area contributed by atoms with Crippen LogP contribution in [0.4, 0.5) is 0 Å². The van der Waals surface area contributed by atoms with E-state index in [2.05, 4.69) is 4.90 Å². The summed E-state index contributed by atoms with van der Waals surface area (Å²) < 4.78 is 25.0. The number of carbonyl (C=O) groups excluding carboxylic acids is 1. The number of carbonyl (C=O) groups is 1. The largest absolute Gasteiger partial charge is 0.303 e. The fourth-order valence-electron chi connectivity index (χ4n) is 3.59. The van der Waals surface area contributed by atoms with Crippen molar-refractivity contribution >= 4 is 15.7 Å². The van der Waals surface area contributed by atoms with Gasteiger partial charge in [-0.2, -0.15) is 0 Å². The maximum atomic E-state index is 12.9. The summed E-state index contributed by atoms with van der Waals surface area (Å²) in [6, 6.07) is 8.64. The van der Waals surface area contributed by atoms with Gasteiger partial charge < -0.3 is 4.90 Å². The molecule has 7 heteroatoms. The van der Waals surface area contributed by atoms with Crippen molar-refractivity contribution in [2.75, 3.05) is 33.8 Å². The quantitative estimate of drug-likeness (QED) is 0.632. The zero-order valence-corrected chi connectivity index (χ0v) is 17.7. The second-order valence-corrected chi connectivity index (χ2v) is 10.4. The number of sulfone groups is 1. The van der Waals surface area contributed by atoms with E-state index < -0.39 is 14.6 Å². The van der Waals surface area contributed by atoms with Crippen LogP contribution >= 0.6 is 0 Å². The monoisotopic (exact) mass is 396 g/mol. The van der Waals surface area contributed by atoms with Gasteiger partial charge in [-0.25, -0.2) is 13.5 Å². The first kappa shape index (κ1) is 21.9. The topological polar surface area (TPSA) is 66.9 Å². The fraction of sp³-hybridized carbons (Fsp3) is 0.650. The molecule has 0 N–H and O–H groups in total. The number of hydroxylamine groups is 2. The first-order chi connectivity index (χ1) is 12.7. The van der Waals surface area contributed by atoms with E-state index in [1.807, 2.05) is 6.07 Å². The van der Waals surface area contributed by atoms with Crippen molar-refractivity contribution in [1.29, 1.82) is 0 Å². The predicted octanol–water partition coefficient (Wildman–Crippen LogP) is 2.75. The molecule has 1 aromatic carbocycles. The molecule has 0 aromatic heterocycles. The van der Waals surface area contributed by atoms with Gasteiger partial charge in [0.25, 0.3) is 0 Å². The smallest absolute Gasteiger partial charge is 0.250 e. The van der Waals surface area contributed by atoms with E-state index in [1.54, 1.807) is 45.2 Å². The molecule has 27 heavy (non-hydrogen) atoms. The molecule has 0 bridgehead atoms. The van der Waals surface area contributed by atoms with Crippen LogP contribution in [0.25, 0.3) is 0 Å². The highest BCUT2D eigenvalue weighted by Gasteiger charge is 2.35. The minimum absolute atomic E-state index is 0.00850. The second kappa shape index (κ2) is 9.17. The van der Waals surface area contributed by atoms with Gasteiger partial charge in [-0.1, -0.05) is 18.2 Å². The Kier molecular flexibility index (Phi) is 7.42. The van der Waals surface area contributed by atoms with Crippen LogP contribution in [0.5, 0.6) is 0 Å². The van der Waals surface area contributed by atoms with Gasteiger partial charge in [0.2, 0.25) is 5.91 Å². The van der Waals surface area contributed by atoms with Gasteiger partial charge in [0.15, 0.2) is 9.84 Å². The summed E-state index contributed by atoms with van der Waals surface area (Å²) in [5.74, 6) is -0.0426. The fourth-order valence-corrected chi connectivity index (χ4v) is 5.16. The van der Waals surface area contributed by atoms with Crippen molar-refractivity contribution in [3.05, 3.63) is 30.3 Å². The third kappa shape index (κ3) is 5.30. The summed E-state index contributed by atoms with van der Waals surface area (Å²) in [6.45, 7) is 6.05. The maximum Gasteiger partial charge on any atom is 0.250 e. The minimum Gasteiger partial charge on any atom is -0.303 e. The molecule has 1 fully saturated rings. The average Bonchev–Trinajstić information content (AvgIpc) is 2.67. The van der Waals surface area contributed by atoms with Crippen LogP contribution in [-0.2, 0) is 19.5 Å². The summed E-state index contributed by atoms with van der Waals surface area (Å²) in [6.07, 6.45) is 3.20. The number of nitrogens with zero attached hydrogens (tertiary/aromatic N) is 2. The summed E-state index contributed by atoms with van der Waals surface area (Å²) in [5, 5.41) is 1.30. The number of hydrogen-bond acceptors (Lipinski definition) is 5. The number of likely N-dealkylation sites (tertiary alicyclic amines) is 1. The Morgan fingerprint density at radius 3 is 2.59 bits per heavy atom. The molecule has 1 aliphatic heterocycles. The maximum absolute atomic E-state index is 12.9. The lowest BCUT2D eigenvalue weighted by atomic mass is 9.96. The second-order valence-electron chi connectivity index (χ2n) is 7.84. The van der Waals surface area contributed by atoms with Crippen molar-refractivity contribution < 1.29 is 18.0 Å². The zero-order chi connectivity index (χ0) is 20.1. The van der Waals surface area contributed by atoms with Crippen LogP contribution < -0.4 is 0 Å². The Hall–Kier alpha value is -1.44. The number of benzene rings is 1. The lowest BCUT2D eigenvalue weighted by Gasteiger charge is -2.34. The van der Waals surface area contributed by atoms with Crippen LogP contribution in [0.2, 0.25) is 0 Å². The van der Waals surface area contributed by atoms with Gasteiger partial charge in [-0.05, 0) is 64.8 Å². The summed E-state index contributed by atoms with van der Waals surface area (Å²) >= 11 is 0. The Balaban J connectivity index is 1.90. The van der Waals surface area contributed by atoms with Gasteiger partial charge in [0.05, 0.1) is 22.7 Å². The van der Waals surface area contributed by atoms with E-state index in [0.29, 0.717) is 17.9 Å². The molecule has 1 atom stereocenters. The van der Waals surface area contributed by atoms with E-state index in [-0.39, 0.29) is 11.8 Å². The Morgan fingerprint density at radius 2 is 1.96 bits per heavy atom. The van der Waals surface area contributed by atoms with Crippen LogP contribution in [-0.4, -0.2) is 62.8 Å². The third-order valence-electron chi connectivity index (χ3n) is 5.47. The molecule has 6 nitrogen and oxygen atoms in total. The Labute approximate surface area is 163 Å². The first-order valence-electron chi connectivity index (χ1n) is 9.53. The molecule has 1 saturated heterocycles. The molecule has 1 heterocycles. The van der Waals surface area contributed by atoms with E-state index in [1.165, 1.54) is 12.2 Å².